The Labute approximate surface area is 176 Å². The molecule has 2 aliphatic rings. The molecule has 0 spiro atoms. The zero-order chi connectivity index (χ0) is 21.3. The maximum atomic E-state index is 13.0. The maximum Gasteiger partial charge on any atom is 0.231 e. The molecule has 1 saturated heterocycles. The number of carbonyl (C=O) groups excluding carboxylic acids is 1. The fourth-order valence-electron chi connectivity index (χ4n) is 4.38. The Morgan fingerprint density at radius 3 is 2.77 bits per heavy atom. The Balaban J connectivity index is 1.69. The second-order valence-electron chi connectivity index (χ2n) is 7.94. The van der Waals surface area contributed by atoms with Crippen molar-refractivity contribution in [2.45, 2.75) is 38.8 Å². The number of benzene rings is 2. The number of Topliss-reactive ketones (excluding diaryl/α,β-unsaturated/α-hetero) is 1. The fourth-order valence-corrected chi connectivity index (χ4v) is 4.38. The number of para-hydroxylation sites is 1. The summed E-state index contributed by atoms with van der Waals surface area (Å²) in [5, 5.41) is 10.5. The lowest BCUT2D eigenvalue weighted by Crippen LogP contribution is -3.14. The molecule has 158 valence electrons. The number of piperidine rings is 1. The van der Waals surface area contributed by atoms with Gasteiger partial charge in [-0.1, -0.05) is 12.1 Å². The predicted molar refractivity (Wildman–Crippen MR) is 113 cm³/mol. The van der Waals surface area contributed by atoms with Gasteiger partial charge in [0.1, 0.15) is 12.3 Å². The van der Waals surface area contributed by atoms with Gasteiger partial charge in [-0.2, -0.15) is 0 Å². The maximum absolute atomic E-state index is 13.0. The van der Waals surface area contributed by atoms with Gasteiger partial charge >= 0.3 is 0 Å². The molecule has 1 unspecified atom stereocenters. The molecule has 2 heterocycles. The molecule has 0 aromatic heterocycles. The number of ether oxygens (including phenoxy) is 3. The van der Waals surface area contributed by atoms with Gasteiger partial charge in [-0.15, -0.1) is 0 Å². The lowest BCUT2D eigenvalue weighted by Gasteiger charge is -2.30. The summed E-state index contributed by atoms with van der Waals surface area (Å²) in [6, 6.07) is 9.21. The van der Waals surface area contributed by atoms with E-state index in [2.05, 4.69) is 6.92 Å². The summed E-state index contributed by atoms with van der Waals surface area (Å²) < 4.78 is 16.8. The van der Waals surface area contributed by atoms with Gasteiger partial charge < -0.3 is 24.2 Å². The lowest BCUT2D eigenvalue weighted by atomic mass is 10.0. The Morgan fingerprint density at radius 2 is 2.03 bits per heavy atom. The van der Waals surface area contributed by atoms with Gasteiger partial charge in [0.2, 0.25) is 5.78 Å². The van der Waals surface area contributed by atoms with E-state index in [9.17, 15) is 9.90 Å². The molecule has 2 aromatic rings. The molecule has 1 fully saturated rings. The van der Waals surface area contributed by atoms with Crippen LogP contribution in [-0.4, -0.2) is 37.7 Å². The van der Waals surface area contributed by atoms with Crippen LogP contribution in [0.15, 0.2) is 36.1 Å². The van der Waals surface area contributed by atoms with Crippen molar-refractivity contribution in [3.63, 3.8) is 0 Å². The Morgan fingerprint density at radius 1 is 1.20 bits per heavy atom. The average Bonchev–Trinajstić information content (AvgIpc) is 3.06. The number of ketones is 1. The highest BCUT2D eigenvalue weighted by Gasteiger charge is 2.34. The minimum atomic E-state index is -0.196. The van der Waals surface area contributed by atoms with Crippen LogP contribution in [0.2, 0.25) is 0 Å². The number of nitrogens with one attached hydrogen (secondary N) is 1. The monoisotopic (exact) mass is 410 g/mol. The van der Waals surface area contributed by atoms with Crippen LogP contribution in [0.5, 0.6) is 23.0 Å². The van der Waals surface area contributed by atoms with E-state index < -0.39 is 0 Å². The first-order valence-electron chi connectivity index (χ1n) is 10.4. The molecule has 6 heteroatoms. The van der Waals surface area contributed by atoms with Crippen molar-refractivity contribution in [3.05, 3.63) is 52.8 Å². The smallest absolute Gasteiger partial charge is 0.231 e. The highest BCUT2D eigenvalue weighted by molar-refractivity contribution is 6.15. The molecule has 30 heavy (non-hydrogen) atoms. The molecule has 4 rings (SSSR count). The number of carbonyl (C=O) groups is 1. The molecule has 2 N–H and O–H groups in total. The third kappa shape index (κ3) is 3.63. The number of methoxy groups -OCH3 is 2. The number of fused-ring (bicyclic) bond motifs is 1. The number of rotatable bonds is 5. The second-order valence-corrected chi connectivity index (χ2v) is 7.94. The summed E-state index contributed by atoms with van der Waals surface area (Å²) in [7, 11) is 3.13. The van der Waals surface area contributed by atoms with Gasteiger partial charge in [0.25, 0.3) is 0 Å². The van der Waals surface area contributed by atoms with E-state index in [0.717, 1.165) is 6.54 Å². The molecule has 2 atom stereocenters. The number of likely N-dealkylation sites (tertiary alicyclic amines) is 1. The van der Waals surface area contributed by atoms with Crippen molar-refractivity contribution in [1.29, 1.82) is 0 Å². The number of quaternary nitrogens is 1. The first-order valence-corrected chi connectivity index (χ1v) is 10.4. The van der Waals surface area contributed by atoms with E-state index >= 15 is 0 Å². The first kappa shape index (κ1) is 20.3. The van der Waals surface area contributed by atoms with Gasteiger partial charge in [0.05, 0.1) is 37.9 Å². The highest BCUT2D eigenvalue weighted by atomic mass is 16.5. The summed E-state index contributed by atoms with van der Waals surface area (Å²) >= 11 is 0. The molecule has 2 aliphatic heterocycles. The van der Waals surface area contributed by atoms with Crippen molar-refractivity contribution < 1.29 is 29.0 Å². The van der Waals surface area contributed by atoms with Gasteiger partial charge in [-0.25, -0.2) is 0 Å². The zero-order valence-electron chi connectivity index (χ0n) is 17.7. The summed E-state index contributed by atoms with van der Waals surface area (Å²) in [4.78, 5) is 14.4. The van der Waals surface area contributed by atoms with Gasteiger partial charge in [0.15, 0.2) is 23.0 Å². The molecule has 0 radical (unpaired) electrons. The van der Waals surface area contributed by atoms with Crippen LogP contribution in [0.1, 0.15) is 47.7 Å². The molecular formula is C24H28NO5+. The number of allylic oxidation sites excluding steroid dienone is 1. The van der Waals surface area contributed by atoms with E-state index in [0.29, 0.717) is 46.5 Å². The molecule has 6 nitrogen and oxygen atoms in total. The van der Waals surface area contributed by atoms with Crippen LogP contribution in [0.4, 0.5) is 0 Å². The Hall–Kier alpha value is -2.99. The van der Waals surface area contributed by atoms with Crippen molar-refractivity contribution >= 4 is 11.9 Å². The Kier molecular flexibility index (Phi) is 5.68. The van der Waals surface area contributed by atoms with Crippen molar-refractivity contribution in [2.75, 3.05) is 20.8 Å². The van der Waals surface area contributed by atoms with Crippen molar-refractivity contribution in [3.8, 4) is 23.0 Å². The van der Waals surface area contributed by atoms with Crippen LogP contribution >= 0.6 is 0 Å². The quantitative estimate of drug-likeness (QED) is 0.742. The summed E-state index contributed by atoms with van der Waals surface area (Å²) in [5.74, 6) is 1.78. The van der Waals surface area contributed by atoms with E-state index in [1.807, 2.05) is 12.1 Å². The van der Waals surface area contributed by atoms with Crippen molar-refractivity contribution in [2.24, 2.45) is 0 Å². The second kappa shape index (κ2) is 8.40. The van der Waals surface area contributed by atoms with Crippen LogP contribution in [-0.2, 0) is 6.54 Å². The predicted octanol–water partition coefficient (Wildman–Crippen LogP) is 2.98. The number of hydrogen-bond donors (Lipinski definition) is 2. The summed E-state index contributed by atoms with van der Waals surface area (Å²) in [6.45, 7) is 3.93. The molecule has 0 aliphatic carbocycles. The van der Waals surface area contributed by atoms with E-state index in [4.69, 9.17) is 14.2 Å². The van der Waals surface area contributed by atoms with Crippen LogP contribution < -0.4 is 19.1 Å². The molecule has 0 bridgehead atoms. The lowest BCUT2D eigenvalue weighted by molar-refractivity contribution is -0.941. The normalized spacial score (nSPS) is 22.0. The van der Waals surface area contributed by atoms with E-state index in [1.54, 1.807) is 38.5 Å². The topological polar surface area (TPSA) is 69.4 Å². The number of phenols is 1. The van der Waals surface area contributed by atoms with Crippen molar-refractivity contribution in [1.82, 2.24) is 0 Å². The summed E-state index contributed by atoms with van der Waals surface area (Å²) in [6.07, 6.45) is 5.26. The number of phenolic OH excluding ortho intramolecular Hbond substituents is 1. The molecule has 0 amide bonds. The SMILES string of the molecule is COc1cccc(C=C2Oc3c(ccc(O)c3C[NH+]3CCCC[C@@H]3C)C2=O)c1OC. The minimum absolute atomic E-state index is 0.173. The van der Waals surface area contributed by atoms with Gasteiger partial charge in [-0.3, -0.25) is 4.79 Å². The molecule has 0 saturated carbocycles. The van der Waals surface area contributed by atoms with Gasteiger partial charge in [-0.05, 0) is 50.5 Å². The Bertz CT molecular complexity index is 997. The van der Waals surface area contributed by atoms with Gasteiger partial charge in [0, 0.05) is 5.56 Å². The summed E-state index contributed by atoms with van der Waals surface area (Å²) in [5.41, 5.74) is 1.87. The third-order valence-corrected chi connectivity index (χ3v) is 6.12. The van der Waals surface area contributed by atoms with E-state index in [1.165, 1.54) is 24.2 Å². The number of hydrogen-bond acceptors (Lipinski definition) is 5. The zero-order valence-corrected chi connectivity index (χ0v) is 17.7. The van der Waals surface area contributed by atoms with Crippen LogP contribution in [0, 0.1) is 0 Å². The average molecular weight is 410 g/mol. The highest BCUT2D eigenvalue weighted by Crippen LogP contribution is 2.40. The molecular weight excluding hydrogens is 382 g/mol. The third-order valence-electron chi connectivity index (χ3n) is 6.12. The van der Waals surface area contributed by atoms with Crippen LogP contribution in [0.3, 0.4) is 0 Å². The van der Waals surface area contributed by atoms with Crippen LogP contribution in [0.25, 0.3) is 6.08 Å². The first-order chi connectivity index (χ1) is 14.5. The fraction of sp³-hybridized carbons (Fsp3) is 0.375. The standard InChI is InChI=1S/C24H27NO5/c1-15-7-4-5-12-25(15)14-18-19(26)11-10-17-22(27)21(30-24(17)18)13-16-8-6-9-20(28-2)23(16)29-3/h6,8-11,13,15,26H,4-5,7,12,14H2,1-3H3/p+1/t15-/m0/s1. The minimum Gasteiger partial charge on any atom is -0.507 e. The molecule has 2 aromatic carbocycles. The number of aromatic hydroxyl groups is 1. The largest absolute Gasteiger partial charge is 0.507 e. The van der Waals surface area contributed by atoms with E-state index in [-0.39, 0.29) is 17.3 Å².